The molecule has 3 rings (SSSR count). The average molecular weight is 305 g/mol. The number of nitrogen functional groups attached to an aromatic ring is 1. The normalized spacial score (nSPS) is 10.7. The summed E-state index contributed by atoms with van der Waals surface area (Å²) in [5.41, 5.74) is 8.46. The summed E-state index contributed by atoms with van der Waals surface area (Å²) in [5, 5.41) is 2.75. The first-order chi connectivity index (χ1) is 9.66. The summed E-state index contributed by atoms with van der Waals surface area (Å²) in [7, 11) is 0. The minimum atomic E-state index is -0.376. The highest BCUT2D eigenvalue weighted by Crippen LogP contribution is 2.36. The van der Waals surface area contributed by atoms with Crippen molar-refractivity contribution in [3.05, 3.63) is 58.7 Å². The van der Waals surface area contributed by atoms with Gasteiger partial charge >= 0.3 is 0 Å². The van der Waals surface area contributed by atoms with Gasteiger partial charge in [0, 0.05) is 16.6 Å². The van der Waals surface area contributed by atoms with E-state index in [4.69, 9.17) is 17.3 Å². The van der Waals surface area contributed by atoms with Crippen molar-refractivity contribution in [1.29, 1.82) is 0 Å². The molecule has 100 valence electrons. The number of hydrogen-bond acceptors (Lipinski definition) is 3. The van der Waals surface area contributed by atoms with Gasteiger partial charge in [-0.1, -0.05) is 35.9 Å². The zero-order chi connectivity index (χ0) is 14.1. The van der Waals surface area contributed by atoms with E-state index in [0.29, 0.717) is 21.3 Å². The molecule has 0 aliphatic rings. The maximum Gasteiger partial charge on any atom is 0.134 e. The van der Waals surface area contributed by atoms with Gasteiger partial charge in [-0.25, -0.2) is 9.37 Å². The molecule has 1 heterocycles. The minimum Gasteiger partial charge on any atom is -0.398 e. The van der Waals surface area contributed by atoms with Crippen LogP contribution in [0.4, 0.5) is 10.1 Å². The van der Waals surface area contributed by atoms with Crippen LogP contribution in [0.15, 0.2) is 47.8 Å². The standard InChI is InChI=1S/C15H10ClFN2S/c16-10-5-3-6-11(17)14(10)15-19-13(8-20-15)9-4-1-2-7-12(9)18/h1-8H,18H2. The Morgan fingerprint density at radius 1 is 1.10 bits per heavy atom. The van der Waals surface area contributed by atoms with Gasteiger partial charge in [0.2, 0.25) is 0 Å². The number of aromatic nitrogens is 1. The second-order valence-corrected chi connectivity index (χ2v) is 5.49. The summed E-state index contributed by atoms with van der Waals surface area (Å²) in [5.74, 6) is -0.376. The number of hydrogen-bond donors (Lipinski definition) is 1. The number of nitrogens with two attached hydrogens (primary N) is 1. The van der Waals surface area contributed by atoms with E-state index < -0.39 is 0 Å². The van der Waals surface area contributed by atoms with Gasteiger partial charge in [-0.2, -0.15) is 0 Å². The molecule has 0 unspecified atom stereocenters. The topological polar surface area (TPSA) is 38.9 Å². The maximum atomic E-state index is 13.9. The summed E-state index contributed by atoms with van der Waals surface area (Å²) in [6.07, 6.45) is 0. The molecule has 0 aliphatic carbocycles. The van der Waals surface area contributed by atoms with Crippen LogP contribution in [0.1, 0.15) is 0 Å². The Morgan fingerprint density at radius 2 is 1.90 bits per heavy atom. The Labute approximate surface area is 124 Å². The molecule has 0 spiro atoms. The third kappa shape index (κ3) is 2.28. The molecular weight excluding hydrogens is 295 g/mol. The predicted molar refractivity (Wildman–Crippen MR) is 82.4 cm³/mol. The molecule has 2 aromatic carbocycles. The third-order valence-corrected chi connectivity index (χ3v) is 4.09. The maximum absolute atomic E-state index is 13.9. The van der Waals surface area contributed by atoms with Crippen LogP contribution in [0.2, 0.25) is 5.02 Å². The highest BCUT2D eigenvalue weighted by atomic mass is 35.5. The van der Waals surface area contributed by atoms with Crippen LogP contribution in [0.5, 0.6) is 0 Å². The summed E-state index contributed by atoms with van der Waals surface area (Å²) in [6.45, 7) is 0. The van der Waals surface area contributed by atoms with Gasteiger partial charge in [0.1, 0.15) is 10.8 Å². The van der Waals surface area contributed by atoms with Gasteiger partial charge in [-0.3, -0.25) is 0 Å². The first-order valence-corrected chi connectivity index (χ1v) is 7.17. The number of rotatable bonds is 2. The Hall–Kier alpha value is -1.91. The SMILES string of the molecule is Nc1ccccc1-c1csc(-c2c(F)cccc2Cl)n1. The van der Waals surface area contributed by atoms with E-state index in [0.717, 1.165) is 11.3 Å². The monoisotopic (exact) mass is 304 g/mol. The summed E-state index contributed by atoms with van der Waals surface area (Å²) >= 11 is 7.40. The Kier molecular flexibility index (Phi) is 3.42. The van der Waals surface area contributed by atoms with E-state index in [1.54, 1.807) is 12.1 Å². The van der Waals surface area contributed by atoms with E-state index in [1.165, 1.54) is 17.4 Å². The second-order valence-electron chi connectivity index (χ2n) is 4.22. The third-order valence-electron chi connectivity index (χ3n) is 2.92. The summed E-state index contributed by atoms with van der Waals surface area (Å²) < 4.78 is 13.9. The number of para-hydroxylation sites is 1. The van der Waals surface area contributed by atoms with Crippen LogP contribution in [0.3, 0.4) is 0 Å². The molecule has 3 aromatic rings. The molecule has 0 fully saturated rings. The molecule has 2 nitrogen and oxygen atoms in total. The van der Waals surface area contributed by atoms with Gasteiger partial charge in [0.25, 0.3) is 0 Å². The lowest BCUT2D eigenvalue weighted by Gasteiger charge is -2.02. The number of thiazole rings is 1. The molecule has 0 atom stereocenters. The number of halogens is 2. The van der Waals surface area contributed by atoms with Crippen LogP contribution < -0.4 is 5.73 Å². The molecule has 0 saturated heterocycles. The molecule has 0 bridgehead atoms. The molecule has 0 saturated carbocycles. The minimum absolute atomic E-state index is 0.333. The van der Waals surface area contributed by atoms with Gasteiger partial charge in [-0.05, 0) is 18.2 Å². The largest absolute Gasteiger partial charge is 0.398 e. The smallest absolute Gasteiger partial charge is 0.134 e. The van der Waals surface area contributed by atoms with E-state index in [9.17, 15) is 4.39 Å². The van der Waals surface area contributed by atoms with Crippen molar-refractivity contribution >= 4 is 28.6 Å². The highest BCUT2D eigenvalue weighted by molar-refractivity contribution is 7.13. The molecule has 2 N–H and O–H groups in total. The first kappa shape index (κ1) is 13.1. The second kappa shape index (κ2) is 5.23. The lowest BCUT2D eigenvalue weighted by molar-refractivity contribution is 0.631. The van der Waals surface area contributed by atoms with Crippen LogP contribution in [-0.2, 0) is 0 Å². The average Bonchev–Trinajstić information content (AvgIpc) is 2.88. The molecule has 0 aliphatic heterocycles. The fourth-order valence-corrected chi connectivity index (χ4v) is 3.13. The van der Waals surface area contributed by atoms with E-state index in [1.807, 2.05) is 29.6 Å². The van der Waals surface area contributed by atoms with E-state index in [-0.39, 0.29) is 5.82 Å². The van der Waals surface area contributed by atoms with E-state index >= 15 is 0 Å². The lowest BCUT2D eigenvalue weighted by atomic mass is 10.1. The Bertz CT molecular complexity index is 750. The van der Waals surface area contributed by atoms with Gasteiger partial charge in [-0.15, -0.1) is 11.3 Å². The van der Waals surface area contributed by atoms with E-state index in [2.05, 4.69) is 4.98 Å². The highest BCUT2D eigenvalue weighted by Gasteiger charge is 2.14. The molecular formula is C15H10ClFN2S. The zero-order valence-corrected chi connectivity index (χ0v) is 11.9. The van der Waals surface area contributed by atoms with Crippen LogP contribution in [0, 0.1) is 5.82 Å². The lowest BCUT2D eigenvalue weighted by Crippen LogP contribution is -1.90. The van der Waals surface area contributed by atoms with Gasteiger partial charge in [0.05, 0.1) is 16.3 Å². The Morgan fingerprint density at radius 3 is 2.65 bits per heavy atom. The quantitative estimate of drug-likeness (QED) is 0.687. The van der Waals surface area contributed by atoms with Crippen molar-refractivity contribution in [3.63, 3.8) is 0 Å². The number of benzene rings is 2. The summed E-state index contributed by atoms with van der Waals surface area (Å²) in [6, 6.07) is 12.0. The molecule has 0 radical (unpaired) electrons. The van der Waals surface area contributed by atoms with Crippen molar-refractivity contribution < 1.29 is 4.39 Å². The van der Waals surface area contributed by atoms with Crippen molar-refractivity contribution in [2.24, 2.45) is 0 Å². The molecule has 5 heteroatoms. The zero-order valence-electron chi connectivity index (χ0n) is 10.3. The van der Waals surface area contributed by atoms with Crippen molar-refractivity contribution in [1.82, 2.24) is 4.98 Å². The van der Waals surface area contributed by atoms with Crippen molar-refractivity contribution in [3.8, 4) is 21.8 Å². The number of anilines is 1. The molecule has 20 heavy (non-hydrogen) atoms. The molecule has 1 aromatic heterocycles. The first-order valence-electron chi connectivity index (χ1n) is 5.91. The van der Waals surface area contributed by atoms with Gasteiger partial charge in [0.15, 0.2) is 0 Å². The molecule has 0 amide bonds. The number of nitrogens with zero attached hydrogens (tertiary/aromatic N) is 1. The van der Waals surface area contributed by atoms with Gasteiger partial charge < -0.3 is 5.73 Å². The fourth-order valence-electron chi connectivity index (χ4n) is 1.94. The van der Waals surface area contributed by atoms with Crippen LogP contribution in [-0.4, -0.2) is 4.98 Å². The predicted octanol–water partition coefficient (Wildman–Crippen LogP) is 4.85. The fraction of sp³-hybridized carbons (Fsp3) is 0. The van der Waals surface area contributed by atoms with Crippen molar-refractivity contribution in [2.45, 2.75) is 0 Å². The van der Waals surface area contributed by atoms with Crippen LogP contribution in [0.25, 0.3) is 21.8 Å². The van der Waals surface area contributed by atoms with Crippen LogP contribution >= 0.6 is 22.9 Å². The van der Waals surface area contributed by atoms with Crippen molar-refractivity contribution in [2.75, 3.05) is 5.73 Å². The summed E-state index contributed by atoms with van der Waals surface area (Å²) in [4.78, 5) is 4.45. The Balaban J connectivity index is 2.10.